The number of hydrogen-bond acceptors (Lipinski definition) is 5. The van der Waals surface area contributed by atoms with Gasteiger partial charge in [0.05, 0.1) is 17.5 Å². The van der Waals surface area contributed by atoms with E-state index in [1.807, 2.05) is 13.8 Å². The third kappa shape index (κ3) is 3.91. The first kappa shape index (κ1) is 15.7. The highest BCUT2D eigenvalue weighted by Gasteiger charge is 2.15. The van der Waals surface area contributed by atoms with E-state index in [1.54, 1.807) is 12.1 Å². The molecule has 0 aromatic carbocycles. The Balaban J connectivity index is 1.82. The van der Waals surface area contributed by atoms with Gasteiger partial charge in [-0.2, -0.15) is 0 Å². The molecule has 2 N–H and O–H groups in total. The molecule has 0 unspecified atom stereocenters. The molecule has 0 aliphatic rings. The summed E-state index contributed by atoms with van der Waals surface area (Å²) >= 11 is 0. The number of amides is 2. The first-order chi connectivity index (χ1) is 10.6. The molecule has 0 aliphatic heterocycles. The first-order valence-corrected chi connectivity index (χ1v) is 6.99. The topological polar surface area (TPSA) is 97.1 Å². The Morgan fingerprint density at radius 2 is 1.95 bits per heavy atom. The number of hydrogen-bond donors (Lipinski definition) is 2. The van der Waals surface area contributed by atoms with E-state index < -0.39 is 0 Å². The molecule has 0 aliphatic carbocycles. The van der Waals surface area contributed by atoms with Crippen LogP contribution in [0.15, 0.2) is 35.3 Å². The van der Waals surface area contributed by atoms with Crippen LogP contribution in [0.1, 0.15) is 46.4 Å². The van der Waals surface area contributed by atoms with Gasteiger partial charge in [0, 0.05) is 19.3 Å². The highest BCUT2D eigenvalue weighted by Crippen LogP contribution is 2.14. The lowest BCUT2D eigenvalue weighted by molar-refractivity contribution is 0.0910. The Labute approximate surface area is 128 Å². The number of aromatic nitrogens is 2. The van der Waals surface area contributed by atoms with Gasteiger partial charge in [0.2, 0.25) is 0 Å². The second kappa shape index (κ2) is 7.35. The molecule has 22 heavy (non-hydrogen) atoms. The molecular weight excluding hydrogens is 284 g/mol. The van der Waals surface area contributed by atoms with Crippen molar-refractivity contribution >= 4 is 11.8 Å². The molecule has 0 spiro atoms. The van der Waals surface area contributed by atoms with Crippen LogP contribution in [0.4, 0.5) is 0 Å². The third-order valence-corrected chi connectivity index (χ3v) is 2.98. The molecule has 7 heteroatoms. The van der Waals surface area contributed by atoms with Gasteiger partial charge in [0.25, 0.3) is 11.8 Å². The number of carbonyl (C=O) groups excluding carboxylic acids is 2. The smallest absolute Gasteiger partial charge is 0.287 e. The maximum atomic E-state index is 12.1. The van der Waals surface area contributed by atoms with E-state index in [9.17, 15) is 9.59 Å². The predicted molar refractivity (Wildman–Crippen MR) is 79.5 cm³/mol. The van der Waals surface area contributed by atoms with E-state index in [-0.39, 0.29) is 23.5 Å². The summed E-state index contributed by atoms with van der Waals surface area (Å²) in [6, 6.07) is 3.21. The molecule has 0 radical (unpaired) electrons. The summed E-state index contributed by atoms with van der Waals surface area (Å²) in [6.45, 7) is 4.53. The molecule has 116 valence electrons. The van der Waals surface area contributed by atoms with Crippen molar-refractivity contribution in [2.45, 2.75) is 19.8 Å². The van der Waals surface area contributed by atoms with Gasteiger partial charge in [-0.25, -0.2) is 9.97 Å². The van der Waals surface area contributed by atoms with E-state index in [1.165, 1.54) is 18.8 Å². The molecule has 2 heterocycles. The summed E-state index contributed by atoms with van der Waals surface area (Å²) < 4.78 is 4.97. The summed E-state index contributed by atoms with van der Waals surface area (Å²) in [7, 11) is 0. The van der Waals surface area contributed by atoms with Crippen molar-refractivity contribution in [2.75, 3.05) is 13.1 Å². The second-order valence-corrected chi connectivity index (χ2v) is 4.97. The number of carbonyl (C=O) groups is 2. The molecule has 0 atom stereocenters. The van der Waals surface area contributed by atoms with Gasteiger partial charge >= 0.3 is 0 Å². The zero-order chi connectivity index (χ0) is 15.9. The maximum absolute atomic E-state index is 12.1. The SMILES string of the molecule is CC(C)c1ncncc1C(=O)NCCNC(=O)c1ccco1. The summed E-state index contributed by atoms with van der Waals surface area (Å²) in [6.07, 6.45) is 4.36. The van der Waals surface area contributed by atoms with Crippen LogP contribution in [-0.4, -0.2) is 34.9 Å². The van der Waals surface area contributed by atoms with Crippen molar-refractivity contribution in [1.29, 1.82) is 0 Å². The van der Waals surface area contributed by atoms with Crippen LogP contribution in [0.2, 0.25) is 0 Å². The van der Waals surface area contributed by atoms with E-state index in [0.29, 0.717) is 24.3 Å². The highest BCUT2D eigenvalue weighted by molar-refractivity contribution is 5.95. The minimum Gasteiger partial charge on any atom is -0.459 e. The Morgan fingerprint density at radius 1 is 1.23 bits per heavy atom. The first-order valence-electron chi connectivity index (χ1n) is 6.99. The predicted octanol–water partition coefficient (Wildman–Crippen LogP) is 1.35. The van der Waals surface area contributed by atoms with Crippen molar-refractivity contribution in [2.24, 2.45) is 0 Å². The molecule has 0 saturated carbocycles. The van der Waals surface area contributed by atoms with Crippen molar-refractivity contribution in [3.63, 3.8) is 0 Å². The van der Waals surface area contributed by atoms with Crippen molar-refractivity contribution in [3.8, 4) is 0 Å². The summed E-state index contributed by atoms with van der Waals surface area (Å²) in [5.41, 5.74) is 1.15. The lowest BCUT2D eigenvalue weighted by atomic mass is 10.0. The minimum atomic E-state index is -0.315. The third-order valence-electron chi connectivity index (χ3n) is 2.98. The van der Waals surface area contributed by atoms with Crippen molar-refractivity contribution in [3.05, 3.63) is 47.9 Å². The fourth-order valence-corrected chi connectivity index (χ4v) is 1.92. The van der Waals surface area contributed by atoms with E-state index >= 15 is 0 Å². The Kier molecular flexibility index (Phi) is 5.24. The van der Waals surface area contributed by atoms with Crippen LogP contribution >= 0.6 is 0 Å². The van der Waals surface area contributed by atoms with Crippen LogP contribution in [0.5, 0.6) is 0 Å². The van der Waals surface area contributed by atoms with Gasteiger partial charge in [-0.15, -0.1) is 0 Å². The van der Waals surface area contributed by atoms with Crippen LogP contribution in [-0.2, 0) is 0 Å². The molecule has 2 aromatic heterocycles. The fraction of sp³-hybridized carbons (Fsp3) is 0.333. The minimum absolute atomic E-state index is 0.127. The van der Waals surface area contributed by atoms with Gasteiger partial charge in [-0.05, 0) is 18.1 Å². The molecule has 0 bridgehead atoms. The number of nitrogens with one attached hydrogen (secondary N) is 2. The zero-order valence-corrected chi connectivity index (χ0v) is 12.5. The number of furan rings is 1. The zero-order valence-electron chi connectivity index (χ0n) is 12.5. The Bertz CT molecular complexity index is 638. The monoisotopic (exact) mass is 302 g/mol. The van der Waals surface area contributed by atoms with Gasteiger partial charge in [-0.1, -0.05) is 13.8 Å². The van der Waals surface area contributed by atoms with Crippen LogP contribution < -0.4 is 10.6 Å². The lowest BCUT2D eigenvalue weighted by Gasteiger charge is -2.11. The number of nitrogens with zero attached hydrogens (tertiary/aromatic N) is 2. The quantitative estimate of drug-likeness (QED) is 0.785. The summed E-state index contributed by atoms with van der Waals surface area (Å²) in [5, 5.41) is 5.38. The molecule has 0 fully saturated rings. The molecule has 0 saturated heterocycles. The van der Waals surface area contributed by atoms with E-state index in [2.05, 4.69) is 20.6 Å². The van der Waals surface area contributed by atoms with Gasteiger partial charge < -0.3 is 15.1 Å². The van der Waals surface area contributed by atoms with Gasteiger partial charge in [0.15, 0.2) is 5.76 Å². The largest absolute Gasteiger partial charge is 0.459 e. The normalized spacial score (nSPS) is 10.5. The van der Waals surface area contributed by atoms with Gasteiger partial charge in [-0.3, -0.25) is 9.59 Å². The van der Waals surface area contributed by atoms with E-state index in [0.717, 1.165) is 0 Å². The maximum Gasteiger partial charge on any atom is 0.287 e. The van der Waals surface area contributed by atoms with Crippen LogP contribution in [0.25, 0.3) is 0 Å². The van der Waals surface area contributed by atoms with Crippen LogP contribution in [0.3, 0.4) is 0 Å². The fourth-order valence-electron chi connectivity index (χ4n) is 1.92. The summed E-state index contributed by atoms with van der Waals surface area (Å²) in [4.78, 5) is 31.8. The molecule has 7 nitrogen and oxygen atoms in total. The average molecular weight is 302 g/mol. The molecular formula is C15H18N4O3. The highest BCUT2D eigenvalue weighted by atomic mass is 16.3. The van der Waals surface area contributed by atoms with Gasteiger partial charge in [0.1, 0.15) is 6.33 Å². The Morgan fingerprint density at radius 3 is 2.59 bits per heavy atom. The Hall–Kier alpha value is -2.70. The average Bonchev–Trinajstić information content (AvgIpc) is 3.05. The van der Waals surface area contributed by atoms with E-state index in [4.69, 9.17) is 4.42 Å². The molecule has 2 rings (SSSR count). The van der Waals surface area contributed by atoms with Crippen molar-refractivity contribution in [1.82, 2.24) is 20.6 Å². The molecule has 2 amide bonds. The standard InChI is InChI=1S/C15H18N4O3/c1-10(2)13-11(8-16-9-19-13)14(20)17-5-6-18-15(21)12-4-3-7-22-12/h3-4,7-10H,5-6H2,1-2H3,(H,17,20)(H,18,21). The van der Waals surface area contributed by atoms with Crippen molar-refractivity contribution < 1.29 is 14.0 Å². The summed E-state index contributed by atoms with van der Waals surface area (Å²) in [5.74, 6) is -0.200. The molecule has 2 aromatic rings. The second-order valence-electron chi connectivity index (χ2n) is 4.97. The van der Waals surface area contributed by atoms with Crippen LogP contribution in [0, 0.1) is 0 Å². The number of rotatable bonds is 6. The lowest BCUT2D eigenvalue weighted by Crippen LogP contribution is -2.35.